The van der Waals surface area contributed by atoms with Gasteiger partial charge >= 0.3 is 0 Å². The van der Waals surface area contributed by atoms with Crippen molar-refractivity contribution in [2.45, 2.75) is 32.4 Å². The smallest absolute Gasteiger partial charge is 0.237 e. The van der Waals surface area contributed by atoms with Crippen LogP contribution in [0, 0.1) is 5.82 Å². The molecule has 1 aromatic carbocycles. The normalized spacial score (nSPS) is 19.0. The van der Waals surface area contributed by atoms with E-state index in [1.807, 2.05) is 6.92 Å². The lowest BCUT2D eigenvalue weighted by molar-refractivity contribution is -0.126. The van der Waals surface area contributed by atoms with Crippen molar-refractivity contribution in [3.63, 3.8) is 0 Å². The van der Waals surface area contributed by atoms with Crippen LogP contribution < -0.4 is 5.32 Å². The highest BCUT2D eigenvalue weighted by Crippen LogP contribution is 2.08. The molecule has 1 heterocycles. The fraction of sp³-hybridized carbons (Fsp3) is 0.611. The molecule has 2 rings (SSSR count). The lowest BCUT2D eigenvalue weighted by atomic mass is 10.1. The summed E-state index contributed by atoms with van der Waals surface area (Å²) in [7, 11) is 0. The average molecular weight is 337 g/mol. The first kappa shape index (κ1) is 18.8. The lowest BCUT2D eigenvalue weighted by Crippen LogP contribution is -2.54. The van der Waals surface area contributed by atoms with Gasteiger partial charge in [0.25, 0.3) is 0 Å². The van der Waals surface area contributed by atoms with Gasteiger partial charge in [0.05, 0.1) is 12.1 Å². The maximum atomic E-state index is 12.9. The van der Waals surface area contributed by atoms with Crippen LogP contribution in [-0.4, -0.2) is 72.2 Å². The standard InChI is InChI=1S/C18H28FN3O2/c1-14(23)13-21-9-11-22(12-10-21)15(2)18(24)20-8-7-16-3-5-17(19)6-4-16/h3-6,14-15,23H,7-13H2,1-2H3,(H,20,24)/t14-,15-/m0/s1. The van der Waals surface area contributed by atoms with E-state index in [0.29, 0.717) is 19.5 Å². The molecule has 134 valence electrons. The molecule has 1 aromatic rings. The van der Waals surface area contributed by atoms with Crippen molar-refractivity contribution in [2.75, 3.05) is 39.3 Å². The minimum atomic E-state index is -0.316. The first-order valence-electron chi connectivity index (χ1n) is 8.62. The Labute approximate surface area is 143 Å². The summed E-state index contributed by atoms with van der Waals surface area (Å²) in [6.07, 6.45) is 0.379. The molecule has 24 heavy (non-hydrogen) atoms. The van der Waals surface area contributed by atoms with E-state index in [4.69, 9.17) is 0 Å². The van der Waals surface area contributed by atoms with Crippen LogP contribution in [0.15, 0.2) is 24.3 Å². The van der Waals surface area contributed by atoms with Gasteiger partial charge in [0.1, 0.15) is 5.82 Å². The quantitative estimate of drug-likeness (QED) is 0.775. The summed E-state index contributed by atoms with van der Waals surface area (Å²) in [5.41, 5.74) is 1.01. The number of nitrogens with zero attached hydrogens (tertiary/aromatic N) is 2. The molecular weight excluding hydrogens is 309 g/mol. The van der Waals surface area contributed by atoms with Crippen LogP contribution >= 0.6 is 0 Å². The monoisotopic (exact) mass is 337 g/mol. The number of hydrogen-bond acceptors (Lipinski definition) is 4. The molecule has 0 bridgehead atoms. The van der Waals surface area contributed by atoms with Gasteiger partial charge in [-0.15, -0.1) is 0 Å². The predicted molar refractivity (Wildman–Crippen MR) is 92.3 cm³/mol. The summed E-state index contributed by atoms with van der Waals surface area (Å²) in [5.74, 6) is -0.216. The number of amides is 1. The second-order valence-electron chi connectivity index (χ2n) is 6.53. The van der Waals surface area contributed by atoms with Crippen LogP contribution in [0.2, 0.25) is 0 Å². The minimum Gasteiger partial charge on any atom is -0.392 e. The van der Waals surface area contributed by atoms with Crippen molar-refractivity contribution in [3.8, 4) is 0 Å². The van der Waals surface area contributed by atoms with Crippen molar-refractivity contribution in [1.29, 1.82) is 0 Å². The zero-order valence-corrected chi connectivity index (χ0v) is 14.5. The SMILES string of the molecule is C[C@H](O)CN1CCN([C@@H](C)C(=O)NCCc2ccc(F)cc2)CC1. The Hall–Kier alpha value is -1.50. The maximum Gasteiger partial charge on any atom is 0.237 e. The van der Waals surface area contributed by atoms with E-state index in [0.717, 1.165) is 31.7 Å². The van der Waals surface area contributed by atoms with Crippen molar-refractivity contribution in [2.24, 2.45) is 0 Å². The van der Waals surface area contributed by atoms with Gasteiger partial charge in [-0.05, 0) is 38.0 Å². The van der Waals surface area contributed by atoms with Crippen LogP contribution in [0.4, 0.5) is 4.39 Å². The summed E-state index contributed by atoms with van der Waals surface area (Å²) >= 11 is 0. The first-order chi connectivity index (χ1) is 11.5. The molecular formula is C18H28FN3O2. The van der Waals surface area contributed by atoms with Crippen molar-refractivity contribution in [3.05, 3.63) is 35.6 Å². The Kier molecular flexibility index (Phi) is 7.15. The van der Waals surface area contributed by atoms with Crippen LogP contribution in [-0.2, 0) is 11.2 Å². The largest absolute Gasteiger partial charge is 0.392 e. The van der Waals surface area contributed by atoms with E-state index in [1.54, 1.807) is 19.1 Å². The van der Waals surface area contributed by atoms with E-state index in [9.17, 15) is 14.3 Å². The van der Waals surface area contributed by atoms with Crippen LogP contribution in [0.5, 0.6) is 0 Å². The number of rotatable bonds is 7. The highest BCUT2D eigenvalue weighted by molar-refractivity contribution is 5.81. The topological polar surface area (TPSA) is 55.8 Å². The summed E-state index contributed by atoms with van der Waals surface area (Å²) in [6.45, 7) is 8.37. The summed E-state index contributed by atoms with van der Waals surface area (Å²) in [4.78, 5) is 16.7. The van der Waals surface area contributed by atoms with Gasteiger partial charge in [0.15, 0.2) is 0 Å². The number of piperazine rings is 1. The fourth-order valence-corrected chi connectivity index (χ4v) is 3.00. The van der Waals surface area contributed by atoms with Crippen molar-refractivity contribution in [1.82, 2.24) is 15.1 Å². The Balaban J connectivity index is 1.69. The highest BCUT2D eigenvalue weighted by Gasteiger charge is 2.25. The average Bonchev–Trinajstić information content (AvgIpc) is 2.56. The second-order valence-corrected chi connectivity index (χ2v) is 6.53. The molecule has 1 amide bonds. The number of β-amino-alcohol motifs (C(OH)–C–C–N with tert-alkyl or cyclic N) is 1. The molecule has 1 aliphatic heterocycles. The molecule has 6 heteroatoms. The van der Waals surface area contributed by atoms with Gasteiger partial charge in [-0.3, -0.25) is 14.6 Å². The van der Waals surface area contributed by atoms with Gasteiger partial charge in [-0.2, -0.15) is 0 Å². The van der Waals surface area contributed by atoms with E-state index < -0.39 is 0 Å². The predicted octanol–water partition coefficient (Wildman–Crippen LogP) is 0.871. The fourth-order valence-electron chi connectivity index (χ4n) is 3.00. The lowest BCUT2D eigenvalue weighted by Gasteiger charge is -2.37. The van der Waals surface area contributed by atoms with Gasteiger partial charge in [0.2, 0.25) is 5.91 Å². The van der Waals surface area contributed by atoms with E-state index in [-0.39, 0.29) is 23.9 Å². The van der Waals surface area contributed by atoms with Gasteiger partial charge < -0.3 is 10.4 Å². The number of aliphatic hydroxyl groups excluding tert-OH is 1. The number of aliphatic hydroxyl groups is 1. The summed E-state index contributed by atoms with van der Waals surface area (Å²) in [5, 5.41) is 12.4. The first-order valence-corrected chi connectivity index (χ1v) is 8.62. The van der Waals surface area contributed by atoms with E-state index in [2.05, 4.69) is 15.1 Å². The third-order valence-corrected chi connectivity index (χ3v) is 4.48. The molecule has 1 aliphatic rings. The Bertz CT molecular complexity index is 514. The number of halogens is 1. The second kappa shape index (κ2) is 9.11. The van der Waals surface area contributed by atoms with Crippen LogP contribution in [0.25, 0.3) is 0 Å². The van der Waals surface area contributed by atoms with Crippen molar-refractivity contribution >= 4 is 5.91 Å². The van der Waals surface area contributed by atoms with Crippen LogP contribution in [0.3, 0.4) is 0 Å². The third kappa shape index (κ3) is 5.85. The number of nitrogens with one attached hydrogen (secondary N) is 1. The molecule has 0 saturated carbocycles. The molecule has 0 spiro atoms. The molecule has 0 aliphatic carbocycles. The Morgan fingerprint density at radius 1 is 1.21 bits per heavy atom. The van der Waals surface area contributed by atoms with E-state index in [1.165, 1.54) is 12.1 Å². The number of carbonyl (C=O) groups is 1. The van der Waals surface area contributed by atoms with Gasteiger partial charge in [-0.1, -0.05) is 12.1 Å². The zero-order valence-electron chi connectivity index (χ0n) is 14.5. The molecule has 0 radical (unpaired) electrons. The minimum absolute atomic E-state index is 0.0288. The van der Waals surface area contributed by atoms with Crippen LogP contribution in [0.1, 0.15) is 19.4 Å². The van der Waals surface area contributed by atoms with Gasteiger partial charge in [-0.25, -0.2) is 4.39 Å². The van der Waals surface area contributed by atoms with Gasteiger partial charge in [0, 0.05) is 39.3 Å². The molecule has 1 saturated heterocycles. The third-order valence-electron chi connectivity index (χ3n) is 4.48. The number of hydrogen-bond donors (Lipinski definition) is 2. The van der Waals surface area contributed by atoms with E-state index >= 15 is 0 Å². The molecule has 1 fully saturated rings. The highest BCUT2D eigenvalue weighted by atomic mass is 19.1. The molecule has 0 unspecified atom stereocenters. The number of benzene rings is 1. The molecule has 2 N–H and O–H groups in total. The number of carbonyl (C=O) groups excluding carboxylic acids is 1. The zero-order chi connectivity index (χ0) is 17.5. The van der Waals surface area contributed by atoms with Crippen molar-refractivity contribution < 1.29 is 14.3 Å². The summed E-state index contributed by atoms with van der Waals surface area (Å²) < 4.78 is 12.9. The Morgan fingerprint density at radius 2 is 1.83 bits per heavy atom. The molecule has 5 nitrogen and oxygen atoms in total. The summed E-state index contributed by atoms with van der Waals surface area (Å²) in [6, 6.07) is 6.20. The Morgan fingerprint density at radius 3 is 2.42 bits per heavy atom. The molecule has 0 aromatic heterocycles. The molecule has 2 atom stereocenters. The maximum absolute atomic E-state index is 12.9.